The zero-order chi connectivity index (χ0) is 13.4. The quantitative estimate of drug-likeness (QED) is 0.846. The molecule has 0 aromatic carbocycles. The van der Waals surface area contributed by atoms with Crippen molar-refractivity contribution in [2.24, 2.45) is 5.92 Å². The highest BCUT2D eigenvalue weighted by molar-refractivity contribution is 5.99. The van der Waals surface area contributed by atoms with Crippen molar-refractivity contribution in [3.63, 3.8) is 0 Å². The molecule has 4 nitrogen and oxygen atoms in total. The van der Waals surface area contributed by atoms with Crippen molar-refractivity contribution in [2.75, 3.05) is 7.11 Å². The standard InChI is InChI=1S/C15H20N2O2/c1-9-13(5-6-14(16-9)19-2)15(18)10-7-11-3-4-12(8-10)17-11/h5-6,10-12,17H,3-4,7-8H2,1-2H3. The minimum absolute atomic E-state index is 0.160. The van der Waals surface area contributed by atoms with Crippen LogP contribution in [0.2, 0.25) is 0 Å². The molecule has 19 heavy (non-hydrogen) atoms. The highest BCUT2D eigenvalue weighted by Crippen LogP contribution is 2.33. The van der Waals surface area contributed by atoms with Gasteiger partial charge in [0, 0.05) is 29.6 Å². The zero-order valence-electron chi connectivity index (χ0n) is 11.5. The molecular formula is C15H20N2O2. The second kappa shape index (κ2) is 4.93. The second-order valence-electron chi connectivity index (χ2n) is 5.66. The Morgan fingerprint density at radius 3 is 2.58 bits per heavy atom. The molecule has 2 atom stereocenters. The van der Waals surface area contributed by atoms with Gasteiger partial charge in [0.25, 0.3) is 0 Å². The monoisotopic (exact) mass is 260 g/mol. The molecule has 0 radical (unpaired) electrons. The van der Waals surface area contributed by atoms with Gasteiger partial charge in [0.05, 0.1) is 12.8 Å². The third-order valence-electron chi connectivity index (χ3n) is 4.38. The van der Waals surface area contributed by atoms with Gasteiger partial charge in [-0.25, -0.2) is 4.98 Å². The van der Waals surface area contributed by atoms with Gasteiger partial charge in [-0.15, -0.1) is 0 Å². The number of nitrogens with zero attached hydrogens (tertiary/aromatic N) is 1. The van der Waals surface area contributed by atoms with Crippen molar-refractivity contribution < 1.29 is 9.53 Å². The molecule has 4 heteroatoms. The maximum Gasteiger partial charge on any atom is 0.213 e. The molecule has 1 aromatic rings. The van der Waals surface area contributed by atoms with Crippen molar-refractivity contribution in [3.05, 3.63) is 23.4 Å². The van der Waals surface area contributed by atoms with E-state index < -0.39 is 0 Å². The smallest absolute Gasteiger partial charge is 0.213 e. The van der Waals surface area contributed by atoms with Crippen LogP contribution in [0.3, 0.4) is 0 Å². The topological polar surface area (TPSA) is 51.2 Å². The summed E-state index contributed by atoms with van der Waals surface area (Å²) in [5, 5.41) is 3.57. The lowest BCUT2D eigenvalue weighted by Crippen LogP contribution is -2.40. The first-order valence-electron chi connectivity index (χ1n) is 6.99. The maximum absolute atomic E-state index is 12.6. The number of nitrogens with one attached hydrogen (secondary N) is 1. The van der Waals surface area contributed by atoms with Gasteiger partial charge in [0.1, 0.15) is 0 Å². The van der Waals surface area contributed by atoms with Crippen molar-refractivity contribution in [3.8, 4) is 5.88 Å². The predicted molar refractivity (Wildman–Crippen MR) is 72.5 cm³/mol. The number of pyridine rings is 1. The molecule has 0 aliphatic carbocycles. The Morgan fingerprint density at radius 1 is 1.32 bits per heavy atom. The van der Waals surface area contributed by atoms with E-state index in [-0.39, 0.29) is 11.7 Å². The van der Waals surface area contributed by atoms with Crippen LogP contribution in [-0.2, 0) is 0 Å². The Balaban J connectivity index is 1.80. The van der Waals surface area contributed by atoms with Gasteiger partial charge >= 0.3 is 0 Å². The fraction of sp³-hybridized carbons (Fsp3) is 0.600. The Morgan fingerprint density at radius 2 is 2.00 bits per heavy atom. The molecule has 0 saturated carbocycles. The van der Waals surface area contributed by atoms with Crippen LogP contribution >= 0.6 is 0 Å². The molecule has 2 unspecified atom stereocenters. The van der Waals surface area contributed by atoms with Gasteiger partial charge in [-0.05, 0) is 38.7 Å². The number of rotatable bonds is 3. The molecule has 2 fully saturated rings. The van der Waals surface area contributed by atoms with Gasteiger partial charge in [0.2, 0.25) is 5.88 Å². The van der Waals surface area contributed by atoms with Gasteiger partial charge in [-0.2, -0.15) is 0 Å². The van der Waals surface area contributed by atoms with Crippen molar-refractivity contribution in [2.45, 2.75) is 44.7 Å². The van der Waals surface area contributed by atoms with E-state index in [0.29, 0.717) is 18.0 Å². The number of carbonyl (C=O) groups excluding carboxylic acids is 1. The number of methoxy groups -OCH3 is 1. The minimum Gasteiger partial charge on any atom is -0.481 e. The summed E-state index contributed by atoms with van der Waals surface area (Å²) in [6, 6.07) is 4.71. The molecule has 2 saturated heterocycles. The average molecular weight is 260 g/mol. The van der Waals surface area contributed by atoms with Gasteiger partial charge in [-0.3, -0.25) is 4.79 Å². The number of carbonyl (C=O) groups is 1. The van der Waals surface area contributed by atoms with Crippen LogP contribution in [0, 0.1) is 12.8 Å². The lowest BCUT2D eigenvalue weighted by molar-refractivity contribution is 0.0874. The lowest BCUT2D eigenvalue weighted by Gasteiger charge is -2.28. The summed E-state index contributed by atoms with van der Waals surface area (Å²) in [6.07, 6.45) is 4.38. The number of ketones is 1. The molecule has 2 aliphatic rings. The fourth-order valence-electron chi connectivity index (χ4n) is 3.40. The summed E-state index contributed by atoms with van der Waals surface area (Å²) in [6.45, 7) is 1.88. The van der Waals surface area contributed by atoms with E-state index in [1.54, 1.807) is 13.2 Å². The van der Waals surface area contributed by atoms with Crippen LogP contribution in [0.1, 0.15) is 41.7 Å². The molecule has 102 valence electrons. The molecule has 1 N–H and O–H groups in total. The lowest BCUT2D eigenvalue weighted by atomic mass is 9.85. The summed E-state index contributed by atoms with van der Waals surface area (Å²) in [5.74, 6) is 0.984. The summed E-state index contributed by atoms with van der Waals surface area (Å²) >= 11 is 0. The molecular weight excluding hydrogens is 240 g/mol. The Hall–Kier alpha value is -1.42. The van der Waals surface area contributed by atoms with E-state index in [4.69, 9.17) is 4.74 Å². The van der Waals surface area contributed by atoms with E-state index in [2.05, 4.69) is 10.3 Å². The van der Waals surface area contributed by atoms with Crippen LogP contribution < -0.4 is 10.1 Å². The maximum atomic E-state index is 12.6. The number of piperidine rings is 1. The SMILES string of the molecule is COc1ccc(C(=O)C2CC3CCC(C2)N3)c(C)n1. The molecule has 1 aromatic heterocycles. The minimum atomic E-state index is 0.160. The molecule has 3 heterocycles. The van der Waals surface area contributed by atoms with Crippen LogP contribution in [0.5, 0.6) is 5.88 Å². The van der Waals surface area contributed by atoms with E-state index in [1.807, 2.05) is 13.0 Å². The first kappa shape index (κ1) is 12.6. The number of hydrogen-bond donors (Lipinski definition) is 1. The van der Waals surface area contributed by atoms with Crippen molar-refractivity contribution >= 4 is 5.78 Å². The number of fused-ring (bicyclic) bond motifs is 2. The van der Waals surface area contributed by atoms with Gasteiger partial charge < -0.3 is 10.1 Å². The van der Waals surface area contributed by atoms with Gasteiger partial charge in [0.15, 0.2) is 5.78 Å². The fourth-order valence-corrected chi connectivity index (χ4v) is 3.40. The van der Waals surface area contributed by atoms with Crippen molar-refractivity contribution in [1.29, 1.82) is 0 Å². The highest BCUT2D eigenvalue weighted by atomic mass is 16.5. The summed E-state index contributed by atoms with van der Waals surface area (Å²) in [7, 11) is 1.59. The van der Waals surface area contributed by atoms with Crippen molar-refractivity contribution in [1.82, 2.24) is 10.3 Å². The zero-order valence-corrected chi connectivity index (χ0v) is 11.5. The van der Waals surface area contributed by atoms with Crippen LogP contribution in [-0.4, -0.2) is 30.0 Å². The number of aryl methyl sites for hydroxylation is 1. The Bertz CT molecular complexity index is 489. The Labute approximate surface area is 113 Å². The average Bonchev–Trinajstić information content (AvgIpc) is 2.76. The third-order valence-corrected chi connectivity index (χ3v) is 4.38. The Kier molecular flexibility index (Phi) is 3.27. The normalized spacial score (nSPS) is 29.3. The van der Waals surface area contributed by atoms with E-state index >= 15 is 0 Å². The first-order valence-corrected chi connectivity index (χ1v) is 6.99. The summed E-state index contributed by atoms with van der Waals surface area (Å²) in [5.41, 5.74) is 1.53. The number of Topliss-reactive ketones (excluding diaryl/α,β-unsaturated/α-hetero) is 1. The first-order chi connectivity index (χ1) is 9.17. The van der Waals surface area contributed by atoms with Crippen LogP contribution in [0.25, 0.3) is 0 Å². The van der Waals surface area contributed by atoms with Crippen LogP contribution in [0.4, 0.5) is 0 Å². The molecule has 3 rings (SSSR count). The largest absolute Gasteiger partial charge is 0.481 e. The van der Waals surface area contributed by atoms with E-state index in [9.17, 15) is 4.79 Å². The molecule has 0 amide bonds. The second-order valence-corrected chi connectivity index (χ2v) is 5.66. The van der Waals surface area contributed by atoms with E-state index in [0.717, 1.165) is 24.1 Å². The predicted octanol–water partition coefficient (Wildman–Crippen LogP) is 2.11. The van der Waals surface area contributed by atoms with Crippen LogP contribution in [0.15, 0.2) is 12.1 Å². The highest BCUT2D eigenvalue weighted by Gasteiger charge is 2.37. The van der Waals surface area contributed by atoms with Gasteiger partial charge in [-0.1, -0.05) is 0 Å². The molecule has 2 bridgehead atoms. The number of ether oxygens (including phenoxy) is 1. The van der Waals surface area contributed by atoms with E-state index in [1.165, 1.54) is 12.8 Å². The summed E-state index contributed by atoms with van der Waals surface area (Å²) in [4.78, 5) is 16.9. The number of aromatic nitrogens is 1. The third kappa shape index (κ3) is 2.37. The summed E-state index contributed by atoms with van der Waals surface area (Å²) < 4.78 is 5.09. The number of hydrogen-bond acceptors (Lipinski definition) is 4. The molecule has 2 aliphatic heterocycles. The molecule has 0 spiro atoms.